The van der Waals surface area contributed by atoms with Crippen LogP contribution in [0.4, 0.5) is 10.2 Å². The summed E-state index contributed by atoms with van der Waals surface area (Å²) in [4.78, 5) is 22.1. The van der Waals surface area contributed by atoms with Gasteiger partial charge in [0, 0.05) is 32.9 Å². The predicted octanol–water partition coefficient (Wildman–Crippen LogP) is 1.37. The van der Waals surface area contributed by atoms with E-state index < -0.39 is 0 Å². The highest BCUT2D eigenvalue weighted by atomic mass is 19.1. The summed E-state index contributed by atoms with van der Waals surface area (Å²) in [5.74, 6) is 1.22. The monoisotopic (exact) mass is 371 g/mol. The normalized spacial score (nSPS) is 15.0. The number of aromatic nitrogens is 5. The summed E-state index contributed by atoms with van der Waals surface area (Å²) in [6.45, 7) is 4.03. The number of hydrogen-bond acceptors (Lipinski definition) is 7. The number of pyridine rings is 1. The van der Waals surface area contributed by atoms with Gasteiger partial charge in [-0.05, 0) is 18.7 Å². The van der Waals surface area contributed by atoms with Crippen LogP contribution in [0.2, 0.25) is 0 Å². The molecule has 0 bridgehead atoms. The lowest BCUT2D eigenvalue weighted by Crippen LogP contribution is -2.37. The molecule has 0 amide bonds. The van der Waals surface area contributed by atoms with Crippen molar-refractivity contribution in [1.82, 2.24) is 29.4 Å². The lowest BCUT2D eigenvalue weighted by atomic mass is 10.2. The van der Waals surface area contributed by atoms with Crippen molar-refractivity contribution >= 4 is 17.0 Å². The molecule has 0 N–H and O–H groups in total. The average Bonchev–Trinajstić information content (AvgIpc) is 3.03. The lowest BCUT2D eigenvalue weighted by Gasteiger charge is -2.28. The van der Waals surface area contributed by atoms with Gasteiger partial charge in [0.2, 0.25) is 0 Å². The molecule has 4 rings (SSSR count). The zero-order chi connectivity index (χ0) is 18.8. The molecule has 0 atom stereocenters. The molecule has 0 unspecified atom stereocenters. The van der Waals surface area contributed by atoms with Crippen LogP contribution >= 0.6 is 0 Å². The second-order valence-corrected chi connectivity index (χ2v) is 6.77. The number of rotatable bonds is 5. The number of imidazole rings is 1. The second-order valence-electron chi connectivity index (χ2n) is 6.77. The van der Waals surface area contributed by atoms with Crippen molar-refractivity contribution in [2.24, 2.45) is 7.05 Å². The Morgan fingerprint density at radius 1 is 1.19 bits per heavy atom. The lowest BCUT2D eigenvalue weighted by molar-refractivity contribution is 0.122. The Kier molecular flexibility index (Phi) is 4.95. The zero-order valence-electron chi connectivity index (χ0n) is 15.5. The van der Waals surface area contributed by atoms with Crippen molar-refractivity contribution in [3.63, 3.8) is 0 Å². The van der Waals surface area contributed by atoms with Gasteiger partial charge in [-0.25, -0.2) is 19.3 Å². The molecule has 0 aliphatic carbocycles. The average molecular weight is 371 g/mol. The topological polar surface area (TPSA) is 72.2 Å². The highest BCUT2D eigenvalue weighted by molar-refractivity contribution is 5.83. The summed E-state index contributed by atoms with van der Waals surface area (Å²) < 4.78 is 20.7. The first-order valence-electron chi connectivity index (χ1n) is 8.89. The van der Waals surface area contributed by atoms with Gasteiger partial charge in [0.05, 0.1) is 32.3 Å². The molecule has 1 aliphatic rings. The molecule has 8 nitrogen and oxygen atoms in total. The van der Waals surface area contributed by atoms with Crippen LogP contribution < -0.4 is 4.90 Å². The SMILES string of the molecule is CN(Cc1cncc(F)c1)Cc1nc(N2CCOCC2)c2ncn(C)c2n1. The number of anilines is 1. The van der Waals surface area contributed by atoms with E-state index in [4.69, 9.17) is 9.72 Å². The number of halogens is 1. The maximum Gasteiger partial charge on any atom is 0.165 e. The van der Waals surface area contributed by atoms with E-state index in [1.54, 1.807) is 12.5 Å². The number of morpholine rings is 1. The summed E-state index contributed by atoms with van der Waals surface area (Å²) in [5.41, 5.74) is 2.43. The molecule has 3 aromatic rings. The molecule has 0 spiro atoms. The number of aryl methyl sites for hydroxylation is 1. The van der Waals surface area contributed by atoms with E-state index in [0.717, 1.165) is 35.6 Å². The van der Waals surface area contributed by atoms with Gasteiger partial charge in [0.15, 0.2) is 17.0 Å². The molecule has 3 aromatic heterocycles. The van der Waals surface area contributed by atoms with E-state index in [0.29, 0.717) is 32.1 Å². The van der Waals surface area contributed by atoms with E-state index >= 15 is 0 Å². The third-order valence-electron chi connectivity index (χ3n) is 4.52. The fourth-order valence-electron chi connectivity index (χ4n) is 3.25. The van der Waals surface area contributed by atoms with E-state index in [1.165, 1.54) is 12.3 Å². The Labute approximate surface area is 156 Å². The van der Waals surface area contributed by atoms with Gasteiger partial charge in [0.25, 0.3) is 0 Å². The first kappa shape index (κ1) is 17.7. The molecule has 0 radical (unpaired) electrons. The van der Waals surface area contributed by atoms with E-state index in [2.05, 4.69) is 19.9 Å². The Bertz CT molecular complexity index is 939. The molecule has 27 heavy (non-hydrogen) atoms. The van der Waals surface area contributed by atoms with Crippen LogP contribution in [0.3, 0.4) is 0 Å². The summed E-state index contributed by atoms with van der Waals surface area (Å²) in [6, 6.07) is 1.49. The molecule has 1 aliphatic heterocycles. The predicted molar refractivity (Wildman–Crippen MR) is 98.7 cm³/mol. The number of hydrogen-bond donors (Lipinski definition) is 0. The summed E-state index contributed by atoms with van der Waals surface area (Å²) in [7, 11) is 3.88. The minimum absolute atomic E-state index is 0.331. The van der Waals surface area contributed by atoms with E-state index in [9.17, 15) is 4.39 Å². The number of ether oxygens (including phenoxy) is 1. The minimum Gasteiger partial charge on any atom is -0.378 e. The van der Waals surface area contributed by atoms with Crippen LogP contribution in [0.25, 0.3) is 11.2 Å². The van der Waals surface area contributed by atoms with Crippen LogP contribution in [0, 0.1) is 5.82 Å². The second kappa shape index (κ2) is 7.53. The summed E-state index contributed by atoms with van der Waals surface area (Å²) in [6.07, 6.45) is 4.64. The molecule has 0 aromatic carbocycles. The zero-order valence-corrected chi connectivity index (χ0v) is 15.5. The van der Waals surface area contributed by atoms with Crippen LogP contribution in [-0.4, -0.2) is 62.8 Å². The summed E-state index contributed by atoms with van der Waals surface area (Å²) in [5, 5.41) is 0. The molecule has 1 saturated heterocycles. The molecule has 4 heterocycles. The fraction of sp³-hybridized carbons (Fsp3) is 0.444. The van der Waals surface area contributed by atoms with Gasteiger partial charge in [0.1, 0.15) is 11.6 Å². The van der Waals surface area contributed by atoms with Gasteiger partial charge in [-0.15, -0.1) is 0 Å². The van der Waals surface area contributed by atoms with Crippen LogP contribution in [0.1, 0.15) is 11.4 Å². The maximum atomic E-state index is 13.4. The number of nitrogens with zero attached hydrogens (tertiary/aromatic N) is 7. The third-order valence-corrected chi connectivity index (χ3v) is 4.52. The molecule has 9 heteroatoms. The van der Waals surface area contributed by atoms with Gasteiger partial charge in [-0.3, -0.25) is 9.88 Å². The Balaban J connectivity index is 1.60. The smallest absolute Gasteiger partial charge is 0.165 e. The maximum absolute atomic E-state index is 13.4. The first-order chi connectivity index (χ1) is 13.1. The standard InChI is InChI=1S/C18H22FN7O/c1-24(10-13-7-14(19)9-20-8-13)11-15-22-17-16(21-12-25(17)2)18(23-15)26-3-5-27-6-4-26/h7-9,12H,3-6,10-11H2,1-2H3. The number of fused-ring (bicyclic) bond motifs is 1. The highest BCUT2D eigenvalue weighted by Gasteiger charge is 2.20. The third kappa shape index (κ3) is 3.88. The first-order valence-corrected chi connectivity index (χ1v) is 8.89. The van der Waals surface area contributed by atoms with Crippen molar-refractivity contribution in [1.29, 1.82) is 0 Å². The van der Waals surface area contributed by atoms with Crippen LogP contribution in [-0.2, 0) is 24.9 Å². The molecular weight excluding hydrogens is 349 g/mol. The quantitative estimate of drug-likeness (QED) is 0.671. The minimum atomic E-state index is -0.331. The van der Waals surface area contributed by atoms with Gasteiger partial charge >= 0.3 is 0 Å². The van der Waals surface area contributed by atoms with E-state index in [-0.39, 0.29) is 5.82 Å². The van der Waals surface area contributed by atoms with Crippen molar-refractivity contribution in [3.05, 3.63) is 42.0 Å². The molecule has 0 saturated carbocycles. The molecule has 142 valence electrons. The molecular formula is C18H22FN7O. The Hall–Kier alpha value is -2.65. The Morgan fingerprint density at radius 3 is 2.78 bits per heavy atom. The Morgan fingerprint density at radius 2 is 2.00 bits per heavy atom. The van der Waals surface area contributed by atoms with Crippen molar-refractivity contribution < 1.29 is 9.13 Å². The van der Waals surface area contributed by atoms with E-state index in [1.807, 2.05) is 23.6 Å². The summed E-state index contributed by atoms with van der Waals surface area (Å²) >= 11 is 0. The van der Waals surface area contributed by atoms with Crippen molar-refractivity contribution in [2.45, 2.75) is 13.1 Å². The van der Waals surface area contributed by atoms with Crippen LogP contribution in [0.15, 0.2) is 24.8 Å². The van der Waals surface area contributed by atoms with Gasteiger partial charge in [-0.1, -0.05) is 0 Å². The highest BCUT2D eigenvalue weighted by Crippen LogP contribution is 2.23. The van der Waals surface area contributed by atoms with Crippen molar-refractivity contribution in [3.8, 4) is 0 Å². The van der Waals surface area contributed by atoms with Crippen molar-refractivity contribution in [2.75, 3.05) is 38.3 Å². The largest absolute Gasteiger partial charge is 0.378 e. The van der Waals surface area contributed by atoms with Crippen LogP contribution in [0.5, 0.6) is 0 Å². The molecule has 1 fully saturated rings. The van der Waals surface area contributed by atoms with Gasteiger partial charge in [-0.2, -0.15) is 0 Å². The van der Waals surface area contributed by atoms with Gasteiger partial charge < -0.3 is 14.2 Å². The fourth-order valence-corrected chi connectivity index (χ4v) is 3.25.